The fourth-order valence-electron chi connectivity index (χ4n) is 3.42. The number of hydrogen-bond acceptors (Lipinski definition) is 4. The molecule has 0 bridgehead atoms. The molecule has 3 rings (SSSR count). The number of hydrogen-bond donors (Lipinski definition) is 0. The Morgan fingerprint density at radius 2 is 1.96 bits per heavy atom. The van der Waals surface area contributed by atoms with E-state index in [9.17, 15) is 4.79 Å². The molecule has 1 aliphatic heterocycles. The number of ether oxygens (including phenoxy) is 1. The monoisotopic (exact) mass is 370 g/mol. The van der Waals surface area contributed by atoms with E-state index in [1.54, 1.807) is 17.4 Å². The number of aryl methyl sites for hydroxylation is 1. The first-order chi connectivity index (χ1) is 12.5. The summed E-state index contributed by atoms with van der Waals surface area (Å²) in [6, 6.07) is 7.78. The maximum atomic E-state index is 12.4. The van der Waals surface area contributed by atoms with E-state index in [4.69, 9.17) is 4.74 Å². The fraction of sp³-hybridized carbons (Fsp3) is 0.429. The first-order valence-corrected chi connectivity index (χ1v) is 9.98. The molecule has 1 amide bonds. The quantitative estimate of drug-likeness (QED) is 0.725. The molecule has 1 aliphatic rings. The Balaban J connectivity index is 1.53. The summed E-state index contributed by atoms with van der Waals surface area (Å²) in [5.41, 5.74) is 1.94. The molecule has 0 unspecified atom stereocenters. The number of rotatable bonds is 5. The summed E-state index contributed by atoms with van der Waals surface area (Å²) in [6.45, 7) is 8.61. The summed E-state index contributed by atoms with van der Waals surface area (Å²) in [6.07, 6.45) is 4.76. The van der Waals surface area contributed by atoms with Crippen LogP contribution in [0.2, 0.25) is 0 Å². The lowest BCUT2D eigenvalue weighted by Crippen LogP contribution is -2.41. The Hall–Kier alpha value is -2.14. The zero-order valence-electron chi connectivity index (χ0n) is 15.6. The van der Waals surface area contributed by atoms with Gasteiger partial charge in [0.15, 0.2) is 0 Å². The number of carbonyl (C=O) groups excluding carboxylic acids is 1. The van der Waals surface area contributed by atoms with Crippen molar-refractivity contribution in [3.63, 3.8) is 0 Å². The van der Waals surface area contributed by atoms with E-state index in [0.717, 1.165) is 35.1 Å². The molecule has 0 radical (unpaired) electrons. The summed E-state index contributed by atoms with van der Waals surface area (Å²) in [4.78, 5) is 18.7. The van der Waals surface area contributed by atoms with Crippen molar-refractivity contribution in [1.82, 2.24) is 9.88 Å². The predicted octanol–water partition coefficient (Wildman–Crippen LogP) is 4.55. The molecule has 0 spiro atoms. The SMILES string of the molecule is Cc1nc(COc2ccc(/C=C/C(=O)N3C[C@H](C)C[C@H](C)C3)cc2)cs1. The van der Waals surface area contributed by atoms with Crippen molar-refractivity contribution in [2.24, 2.45) is 11.8 Å². The summed E-state index contributed by atoms with van der Waals surface area (Å²) < 4.78 is 5.75. The highest BCUT2D eigenvalue weighted by atomic mass is 32.1. The largest absolute Gasteiger partial charge is 0.487 e. The molecule has 138 valence electrons. The van der Waals surface area contributed by atoms with Crippen molar-refractivity contribution in [2.45, 2.75) is 33.8 Å². The summed E-state index contributed by atoms with van der Waals surface area (Å²) in [7, 11) is 0. The van der Waals surface area contributed by atoms with E-state index in [2.05, 4.69) is 18.8 Å². The van der Waals surface area contributed by atoms with Crippen LogP contribution in [-0.4, -0.2) is 28.9 Å². The van der Waals surface area contributed by atoms with Crippen molar-refractivity contribution in [1.29, 1.82) is 0 Å². The first kappa shape index (κ1) is 18.6. The number of amides is 1. The lowest BCUT2D eigenvalue weighted by atomic mass is 9.92. The van der Waals surface area contributed by atoms with Crippen LogP contribution < -0.4 is 4.74 Å². The zero-order chi connectivity index (χ0) is 18.5. The third-order valence-corrected chi connectivity index (χ3v) is 5.35. The highest BCUT2D eigenvalue weighted by molar-refractivity contribution is 7.09. The van der Waals surface area contributed by atoms with Crippen LogP contribution in [0.3, 0.4) is 0 Å². The minimum Gasteiger partial charge on any atom is -0.487 e. The van der Waals surface area contributed by atoms with E-state index in [-0.39, 0.29) is 5.91 Å². The lowest BCUT2D eigenvalue weighted by Gasteiger charge is -2.34. The van der Waals surface area contributed by atoms with Gasteiger partial charge in [-0.25, -0.2) is 4.98 Å². The van der Waals surface area contributed by atoms with Gasteiger partial charge in [-0.05, 0) is 49.0 Å². The summed E-state index contributed by atoms with van der Waals surface area (Å²) >= 11 is 1.63. The molecule has 26 heavy (non-hydrogen) atoms. The van der Waals surface area contributed by atoms with Gasteiger partial charge in [-0.2, -0.15) is 0 Å². The second-order valence-electron chi connectivity index (χ2n) is 7.24. The second kappa shape index (κ2) is 8.49. The maximum Gasteiger partial charge on any atom is 0.246 e. The highest BCUT2D eigenvalue weighted by Crippen LogP contribution is 2.21. The number of piperidine rings is 1. The van der Waals surface area contributed by atoms with Crippen LogP contribution in [0.15, 0.2) is 35.7 Å². The van der Waals surface area contributed by atoms with Crippen molar-refractivity contribution in [2.75, 3.05) is 13.1 Å². The first-order valence-electron chi connectivity index (χ1n) is 9.10. The fourth-order valence-corrected chi connectivity index (χ4v) is 4.02. The number of likely N-dealkylation sites (tertiary alicyclic amines) is 1. The minimum absolute atomic E-state index is 0.0997. The Labute approximate surface area is 159 Å². The van der Waals surface area contributed by atoms with E-state index in [1.165, 1.54) is 6.42 Å². The minimum atomic E-state index is 0.0997. The van der Waals surface area contributed by atoms with Gasteiger partial charge >= 0.3 is 0 Å². The van der Waals surface area contributed by atoms with Gasteiger partial charge in [-0.15, -0.1) is 11.3 Å². The van der Waals surface area contributed by atoms with Crippen molar-refractivity contribution >= 4 is 23.3 Å². The standard InChI is InChI=1S/C21H26N2O2S/c1-15-10-16(2)12-23(11-15)21(24)9-6-18-4-7-20(8-5-18)25-13-19-14-26-17(3)22-19/h4-9,14-16H,10-13H2,1-3H3/b9-6+/t15-,16+. The van der Waals surface area contributed by atoms with Gasteiger partial charge in [0.2, 0.25) is 5.91 Å². The lowest BCUT2D eigenvalue weighted by molar-refractivity contribution is -0.128. The van der Waals surface area contributed by atoms with Crippen molar-refractivity contribution < 1.29 is 9.53 Å². The topological polar surface area (TPSA) is 42.4 Å². The average molecular weight is 371 g/mol. The van der Waals surface area contributed by atoms with Crippen LogP contribution in [0.5, 0.6) is 5.75 Å². The molecule has 1 aromatic carbocycles. The number of carbonyl (C=O) groups is 1. The highest BCUT2D eigenvalue weighted by Gasteiger charge is 2.23. The van der Waals surface area contributed by atoms with E-state index in [0.29, 0.717) is 18.4 Å². The Morgan fingerprint density at radius 1 is 1.27 bits per heavy atom. The second-order valence-corrected chi connectivity index (χ2v) is 8.30. The van der Waals surface area contributed by atoms with Crippen molar-refractivity contribution in [3.05, 3.63) is 52.0 Å². The number of aromatic nitrogens is 1. The van der Waals surface area contributed by atoms with Gasteiger partial charge in [-0.3, -0.25) is 4.79 Å². The van der Waals surface area contributed by atoms with E-state index >= 15 is 0 Å². The summed E-state index contributed by atoms with van der Waals surface area (Å²) in [5, 5.41) is 3.06. The Morgan fingerprint density at radius 3 is 2.58 bits per heavy atom. The van der Waals surface area contributed by atoms with Crippen LogP contribution in [0.4, 0.5) is 0 Å². The molecule has 1 aromatic heterocycles. The molecule has 0 aliphatic carbocycles. The normalized spacial score (nSPS) is 20.5. The third kappa shape index (κ3) is 5.18. The number of thiazole rings is 1. The molecule has 0 N–H and O–H groups in total. The van der Waals surface area contributed by atoms with E-state index < -0.39 is 0 Å². The summed E-state index contributed by atoms with van der Waals surface area (Å²) in [5.74, 6) is 2.06. The molecule has 4 nitrogen and oxygen atoms in total. The number of nitrogens with zero attached hydrogens (tertiary/aromatic N) is 2. The van der Waals surface area contributed by atoms with Gasteiger partial charge in [0.25, 0.3) is 0 Å². The molecular formula is C21H26N2O2S. The van der Waals surface area contributed by atoms with Gasteiger partial charge in [-0.1, -0.05) is 26.0 Å². The third-order valence-electron chi connectivity index (χ3n) is 4.53. The molecule has 1 saturated heterocycles. The smallest absolute Gasteiger partial charge is 0.246 e. The average Bonchev–Trinajstić information content (AvgIpc) is 3.03. The van der Waals surface area contributed by atoms with Crippen LogP contribution in [0, 0.1) is 18.8 Å². The van der Waals surface area contributed by atoms with Crippen LogP contribution in [-0.2, 0) is 11.4 Å². The maximum absolute atomic E-state index is 12.4. The molecule has 2 aromatic rings. The van der Waals surface area contributed by atoms with Crippen molar-refractivity contribution in [3.8, 4) is 5.75 Å². The number of benzene rings is 1. The van der Waals surface area contributed by atoms with Gasteiger partial charge in [0.1, 0.15) is 12.4 Å². The molecule has 2 atom stereocenters. The molecule has 2 heterocycles. The Bertz CT molecular complexity index is 757. The van der Waals surface area contributed by atoms with Crippen LogP contribution in [0.25, 0.3) is 6.08 Å². The van der Waals surface area contributed by atoms with Gasteiger partial charge in [0.05, 0.1) is 10.7 Å². The van der Waals surface area contributed by atoms with Crippen LogP contribution in [0.1, 0.15) is 36.5 Å². The zero-order valence-corrected chi connectivity index (χ0v) is 16.5. The predicted molar refractivity (Wildman–Crippen MR) is 106 cm³/mol. The Kier molecular flexibility index (Phi) is 6.09. The molecule has 1 fully saturated rings. The van der Waals surface area contributed by atoms with E-state index in [1.807, 2.05) is 47.5 Å². The van der Waals surface area contributed by atoms with Gasteiger partial charge < -0.3 is 9.64 Å². The van der Waals surface area contributed by atoms with Gasteiger partial charge in [0, 0.05) is 24.5 Å². The molecule has 0 saturated carbocycles. The molecular weight excluding hydrogens is 344 g/mol. The molecule has 5 heteroatoms. The van der Waals surface area contributed by atoms with Crippen LogP contribution >= 0.6 is 11.3 Å².